The molecule has 1 aliphatic heterocycles. The highest BCUT2D eigenvalue weighted by Gasteiger charge is 2.42. The minimum absolute atomic E-state index is 0.0742. The largest absolute Gasteiger partial charge is 0.338 e. The predicted octanol–water partition coefficient (Wildman–Crippen LogP) is 2.29. The van der Waals surface area contributed by atoms with Gasteiger partial charge in [-0.15, -0.1) is 0 Å². The number of hydrogen-bond donors (Lipinski definition) is 2. The molecule has 1 aliphatic rings. The Hall–Kier alpha value is -1.43. The van der Waals surface area contributed by atoms with Crippen LogP contribution in [0.25, 0.3) is 0 Å². The van der Waals surface area contributed by atoms with Crippen molar-refractivity contribution in [1.82, 2.24) is 10.6 Å². The summed E-state index contributed by atoms with van der Waals surface area (Å²) in [6, 6.07) is 4.59. The lowest BCUT2D eigenvalue weighted by molar-refractivity contribution is -0.123. The average Bonchev–Trinajstić information content (AvgIpc) is 2.58. The number of amides is 1. The van der Waals surface area contributed by atoms with E-state index in [2.05, 4.69) is 31.6 Å². The molecule has 1 aromatic rings. The topological polar surface area (TPSA) is 53.5 Å². The molecule has 6 heteroatoms. The Bertz CT molecular complexity index is 559. The quantitative estimate of drug-likeness (QED) is 0.875. The van der Waals surface area contributed by atoms with E-state index in [1.807, 2.05) is 13.8 Å². The molecule has 1 fully saturated rings. The third-order valence-corrected chi connectivity index (χ3v) is 3.55. The summed E-state index contributed by atoms with van der Waals surface area (Å²) in [5.74, 6) is -0.116. The molecule has 1 aromatic carbocycles. The molecule has 1 saturated heterocycles. The standard InChI is InChI=1S/C13H15BrFN3O/c1-7(2)16-12-17-11(19)13(3,18-12)8-4-5-10(15)9(14)6-8/h4-7H,1-3H3,(H2,16,17,18,19). The van der Waals surface area contributed by atoms with Gasteiger partial charge >= 0.3 is 0 Å². The highest BCUT2D eigenvalue weighted by molar-refractivity contribution is 9.10. The van der Waals surface area contributed by atoms with E-state index in [1.165, 1.54) is 6.07 Å². The van der Waals surface area contributed by atoms with Gasteiger partial charge in [0, 0.05) is 6.04 Å². The summed E-state index contributed by atoms with van der Waals surface area (Å²) in [5, 5.41) is 5.76. The summed E-state index contributed by atoms with van der Waals surface area (Å²) in [7, 11) is 0. The van der Waals surface area contributed by atoms with Crippen molar-refractivity contribution in [3.05, 3.63) is 34.1 Å². The van der Waals surface area contributed by atoms with Crippen LogP contribution in [0.5, 0.6) is 0 Å². The lowest BCUT2D eigenvalue weighted by Gasteiger charge is -2.22. The molecule has 1 atom stereocenters. The zero-order valence-electron chi connectivity index (χ0n) is 10.9. The normalized spacial score (nSPS) is 24.7. The zero-order chi connectivity index (χ0) is 14.2. The molecule has 1 heterocycles. The monoisotopic (exact) mass is 327 g/mol. The van der Waals surface area contributed by atoms with E-state index in [0.717, 1.165) is 0 Å². The van der Waals surface area contributed by atoms with Gasteiger partial charge in [-0.05, 0) is 54.4 Å². The van der Waals surface area contributed by atoms with Crippen molar-refractivity contribution >= 4 is 27.8 Å². The maximum Gasteiger partial charge on any atom is 0.256 e. The Morgan fingerprint density at radius 3 is 2.68 bits per heavy atom. The maximum absolute atomic E-state index is 13.3. The Morgan fingerprint density at radius 1 is 1.42 bits per heavy atom. The highest BCUT2D eigenvalue weighted by atomic mass is 79.9. The second-order valence-corrected chi connectivity index (χ2v) is 5.76. The van der Waals surface area contributed by atoms with Crippen LogP contribution in [0.1, 0.15) is 26.3 Å². The number of guanidine groups is 1. The Labute approximate surface area is 119 Å². The van der Waals surface area contributed by atoms with Crippen molar-refractivity contribution in [3.63, 3.8) is 0 Å². The number of carbonyl (C=O) groups excluding carboxylic acids is 1. The van der Waals surface area contributed by atoms with Crippen LogP contribution in [0.4, 0.5) is 4.39 Å². The first-order valence-corrected chi connectivity index (χ1v) is 6.75. The van der Waals surface area contributed by atoms with Gasteiger partial charge in [-0.3, -0.25) is 15.1 Å². The number of carbonyl (C=O) groups is 1. The van der Waals surface area contributed by atoms with E-state index in [1.54, 1.807) is 19.1 Å². The van der Waals surface area contributed by atoms with Crippen LogP contribution < -0.4 is 10.6 Å². The molecule has 102 valence electrons. The Balaban J connectivity index is 2.37. The first kappa shape index (κ1) is 14.0. The van der Waals surface area contributed by atoms with Crippen molar-refractivity contribution in [3.8, 4) is 0 Å². The van der Waals surface area contributed by atoms with Crippen molar-refractivity contribution in [2.75, 3.05) is 0 Å². The summed E-state index contributed by atoms with van der Waals surface area (Å²) in [5.41, 5.74) is -0.267. The van der Waals surface area contributed by atoms with Crippen molar-refractivity contribution in [2.24, 2.45) is 4.99 Å². The van der Waals surface area contributed by atoms with Crippen LogP contribution in [-0.2, 0) is 10.3 Å². The van der Waals surface area contributed by atoms with E-state index in [9.17, 15) is 9.18 Å². The number of nitrogens with one attached hydrogen (secondary N) is 2. The third-order valence-electron chi connectivity index (χ3n) is 2.94. The van der Waals surface area contributed by atoms with Gasteiger partial charge in [0.15, 0.2) is 5.96 Å². The fraction of sp³-hybridized carbons (Fsp3) is 0.385. The minimum atomic E-state index is -0.941. The number of nitrogens with zero attached hydrogens (tertiary/aromatic N) is 1. The number of rotatable bonds is 2. The van der Waals surface area contributed by atoms with Crippen LogP contribution in [0, 0.1) is 5.82 Å². The van der Waals surface area contributed by atoms with Crippen LogP contribution in [0.3, 0.4) is 0 Å². The minimum Gasteiger partial charge on any atom is -0.338 e. The maximum atomic E-state index is 13.3. The zero-order valence-corrected chi connectivity index (χ0v) is 12.5. The number of aliphatic imine (C=N–C) groups is 1. The second kappa shape index (κ2) is 4.92. The first-order valence-electron chi connectivity index (χ1n) is 5.96. The van der Waals surface area contributed by atoms with Crippen LogP contribution in [0.2, 0.25) is 0 Å². The van der Waals surface area contributed by atoms with Gasteiger partial charge < -0.3 is 5.32 Å². The molecule has 19 heavy (non-hydrogen) atoms. The molecule has 1 unspecified atom stereocenters. The number of halogens is 2. The third kappa shape index (κ3) is 2.63. The molecule has 0 radical (unpaired) electrons. The van der Waals surface area contributed by atoms with Gasteiger partial charge in [0.25, 0.3) is 5.91 Å². The summed E-state index contributed by atoms with van der Waals surface area (Å²) < 4.78 is 13.6. The predicted molar refractivity (Wildman–Crippen MR) is 75.3 cm³/mol. The van der Waals surface area contributed by atoms with E-state index in [-0.39, 0.29) is 17.8 Å². The lowest BCUT2D eigenvalue weighted by atomic mass is 9.92. The van der Waals surface area contributed by atoms with E-state index >= 15 is 0 Å². The van der Waals surface area contributed by atoms with E-state index < -0.39 is 5.54 Å². The molecule has 0 aromatic heterocycles. The highest BCUT2D eigenvalue weighted by Crippen LogP contribution is 2.28. The lowest BCUT2D eigenvalue weighted by Crippen LogP contribution is -2.40. The van der Waals surface area contributed by atoms with Crippen LogP contribution in [0.15, 0.2) is 27.7 Å². The van der Waals surface area contributed by atoms with Gasteiger partial charge in [-0.25, -0.2) is 4.39 Å². The molecule has 2 rings (SSSR count). The molecule has 4 nitrogen and oxygen atoms in total. The molecule has 0 bridgehead atoms. The molecule has 2 N–H and O–H groups in total. The second-order valence-electron chi connectivity index (χ2n) is 4.90. The van der Waals surface area contributed by atoms with E-state index in [0.29, 0.717) is 16.0 Å². The summed E-state index contributed by atoms with van der Waals surface area (Å²) in [6.07, 6.45) is 0. The number of hydrogen-bond acceptors (Lipinski definition) is 2. The number of benzene rings is 1. The van der Waals surface area contributed by atoms with Gasteiger partial charge in [0.2, 0.25) is 0 Å². The molecule has 1 amide bonds. The summed E-state index contributed by atoms with van der Waals surface area (Å²) in [6.45, 7) is 5.58. The summed E-state index contributed by atoms with van der Waals surface area (Å²) >= 11 is 3.13. The molecule has 0 saturated carbocycles. The smallest absolute Gasteiger partial charge is 0.256 e. The van der Waals surface area contributed by atoms with Gasteiger partial charge in [-0.1, -0.05) is 6.07 Å². The van der Waals surface area contributed by atoms with Crippen LogP contribution in [-0.4, -0.2) is 17.9 Å². The Kier molecular flexibility index (Phi) is 3.62. The SMILES string of the molecule is CC(C)N=C1NC(=O)C(C)(c2ccc(F)c(Br)c2)N1. The molecular weight excluding hydrogens is 313 g/mol. The Morgan fingerprint density at radius 2 is 2.11 bits per heavy atom. The van der Waals surface area contributed by atoms with Gasteiger partial charge in [0.05, 0.1) is 4.47 Å². The average molecular weight is 328 g/mol. The summed E-state index contributed by atoms with van der Waals surface area (Å²) in [4.78, 5) is 16.4. The van der Waals surface area contributed by atoms with Crippen molar-refractivity contribution in [1.29, 1.82) is 0 Å². The van der Waals surface area contributed by atoms with E-state index in [4.69, 9.17) is 0 Å². The molecular formula is C13H15BrFN3O. The van der Waals surface area contributed by atoms with Crippen molar-refractivity contribution < 1.29 is 9.18 Å². The fourth-order valence-electron chi connectivity index (χ4n) is 1.89. The fourth-order valence-corrected chi connectivity index (χ4v) is 2.27. The molecule has 0 spiro atoms. The van der Waals surface area contributed by atoms with Crippen molar-refractivity contribution in [2.45, 2.75) is 32.4 Å². The van der Waals surface area contributed by atoms with Crippen LogP contribution >= 0.6 is 15.9 Å². The van der Waals surface area contributed by atoms with Gasteiger partial charge in [0.1, 0.15) is 11.4 Å². The first-order chi connectivity index (χ1) is 8.83. The molecule has 0 aliphatic carbocycles. The van der Waals surface area contributed by atoms with Gasteiger partial charge in [-0.2, -0.15) is 0 Å².